The lowest BCUT2D eigenvalue weighted by Gasteiger charge is -2.32. The highest BCUT2D eigenvalue weighted by atomic mass is 16.6. The molecule has 3 amide bonds. The molecule has 0 radical (unpaired) electrons. The number of para-hydroxylation sites is 1. The highest BCUT2D eigenvalue weighted by Crippen LogP contribution is 2.40. The van der Waals surface area contributed by atoms with Crippen LogP contribution >= 0.6 is 0 Å². The van der Waals surface area contributed by atoms with Gasteiger partial charge < -0.3 is 24.8 Å². The van der Waals surface area contributed by atoms with Gasteiger partial charge in [0, 0.05) is 47.4 Å². The molecule has 1 fully saturated rings. The van der Waals surface area contributed by atoms with Gasteiger partial charge in [-0.15, -0.1) is 0 Å². The molecule has 1 saturated heterocycles. The number of nitrogens with one attached hydrogen (secondary N) is 2. The van der Waals surface area contributed by atoms with Crippen LogP contribution in [-0.2, 0) is 9.53 Å². The second-order valence-corrected chi connectivity index (χ2v) is 8.74. The molecule has 2 N–H and O–H groups in total. The summed E-state index contributed by atoms with van der Waals surface area (Å²) in [5.74, 6) is -0.334. The Bertz CT molecular complexity index is 1230. The quantitative estimate of drug-likeness (QED) is 0.610. The molecule has 8 heteroatoms. The Morgan fingerprint density at radius 3 is 2.59 bits per heavy atom. The molecule has 2 aromatic carbocycles. The summed E-state index contributed by atoms with van der Waals surface area (Å²) in [4.78, 5) is 44.9. The van der Waals surface area contributed by atoms with Crippen molar-refractivity contribution in [1.82, 2.24) is 20.1 Å². The van der Waals surface area contributed by atoms with Crippen molar-refractivity contribution in [3.63, 3.8) is 0 Å². The van der Waals surface area contributed by atoms with Gasteiger partial charge in [0.2, 0.25) is 5.91 Å². The van der Waals surface area contributed by atoms with E-state index in [9.17, 15) is 14.4 Å². The molecule has 0 bridgehead atoms. The number of rotatable bonds is 5. The Morgan fingerprint density at radius 2 is 1.79 bits per heavy atom. The van der Waals surface area contributed by atoms with E-state index >= 15 is 0 Å². The highest BCUT2D eigenvalue weighted by Gasteiger charge is 2.39. The SMILES string of the molecule is CCOC(=O)N1CCC(NC(=O)CN2C(=O)c3ccccc3C2c2c[nH]c3ccccc23)CC1. The van der Waals surface area contributed by atoms with Crippen molar-refractivity contribution in [2.24, 2.45) is 0 Å². The summed E-state index contributed by atoms with van der Waals surface area (Å²) in [6.45, 7) is 3.17. The number of carbonyl (C=O) groups excluding carboxylic acids is 3. The van der Waals surface area contributed by atoms with E-state index in [1.54, 1.807) is 16.7 Å². The number of benzene rings is 2. The number of H-pyrrole nitrogens is 1. The van der Waals surface area contributed by atoms with Crippen LogP contribution in [0.25, 0.3) is 10.9 Å². The zero-order chi connectivity index (χ0) is 23.7. The van der Waals surface area contributed by atoms with E-state index in [2.05, 4.69) is 10.3 Å². The second-order valence-electron chi connectivity index (χ2n) is 8.74. The van der Waals surface area contributed by atoms with Gasteiger partial charge >= 0.3 is 6.09 Å². The van der Waals surface area contributed by atoms with Crippen molar-refractivity contribution in [3.8, 4) is 0 Å². The standard InChI is InChI=1S/C26H28N4O4/c1-2-34-26(33)29-13-11-17(12-14-29)28-23(31)16-30-24(19-8-3-4-9-20(19)25(30)32)21-15-27-22-10-6-5-7-18(21)22/h3-10,15,17,24,27H,2,11-14,16H2,1H3,(H,28,31). The van der Waals surface area contributed by atoms with Gasteiger partial charge in [-0.1, -0.05) is 36.4 Å². The van der Waals surface area contributed by atoms with Crippen molar-refractivity contribution in [3.05, 3.63) is 71.4 Å². The van der Waals surface area contributed by atoms with Gasteiger partial charge in [0.25, 0.3) is 5.91 Å². The highest BCUT2D eigenvalue weighted by molar-refractivity contribution is 6.02. The van der Waals surface area contributed by atoms with E-state index in [0.717, 1.165) is 22.0 Å². The first-order chi connectivity index (χ1) is 16.6. The molecule has 5 rings (SSSR count). The number of ether oxygens (including phenoxy) is 1. The zero-order valence-electron chi connectivity index (χ0n) is 19.1. The summed E-state index contributed by atoms with van der Waals surface area (Å²) in [5.41, 5.74) is 3.51. The van der Waals surface area contributed by atoms with Crippen LogP contribution in [-0.4, -0.2) is 65.0 Å². The minimum Gasteiger partial charge on any atom is -0.450 e. The normalized spacial score (nSPS) is 18.3. The van der Waals surface area contributed by atoms with Gasteiger partial charge in [0.15, 0.2) is 0 Å². The molecule has 1 atom stereocenters. The number of fused-ring (bicyclic) bond motifs is 2. The third kappa shape index (κ3) is 4.00. The average Bonchev–Trinajstić information content (AvgIpc) is 3.39. The van der Waals surface area contributed by atoms with Gasteiger partial charge in [-0.05, 0) is 37.5 Å². The van der Waals surface area contributed by atoms with E-state index in [4.69, 9.17) is 4.74 Å². The van der Waals surface area contributed by atoms with Crippen LogP contribution in [0, 0.1) is 0 Å². The maximum absolute atomic E-state index is 13.3. The van der Waals surface area contributed by atoms with E-state index in [1.165, 1.54) is 0 Å². The monoisotopic (exact) mass is 460 g/mol. The minimum absolute atomic E-state index is 0.0320. The fourth-order valence-corrected chi connectivity index (χ4v) is 5.04. The molecule has 3 aromatic rings. The summed E-state index contributed by atoms with van der Waals surface area (Å²) in [6.07, 6.45) is 2.94. The van der Waals surface area contributed by atoms with Gasteiger partial charge in [-0.2, -0.15) is 0 Å². The number of amides is 3. The zero-order valence-corrected chi connectivity index (χ0v) is 19.1. The summed E-state index contributed by atoms with van der Waals surface area (Å²) in [5, 5.41) is 4.10. The van der Waals surface area contributed by atoms with Crippen molar-refractivity contribution in [2.45, 2.75) is 31.8 Å². The molecule has 1 aromatic heterocycles. The molecule has 0 saturated carbocycles. The van der Waals surface area contributed by atoms with Crippen molar-refractivity contribution >= 4 is 28.8 Å². The predicted octanol–water partition coefficient (Wildman–Crippen LogP) is 3.45. The van der Waals surface area contributed by atoms with Gasteiger partial charge in [0.1, 0.15) is 6.54 Å². The number of carbonyl (C=O) groups is 3. The number of hydrogen-bond donors (Lipinski definition) is 2. The smallest absolute Gasteiger partial charge is 0.409 e. The lowest BCUT2D eigenvalue weighted by Crippen LogP contribution is -2.49. The molecular weight excluding hydrogens is 432 g/mol. The molecule has 176 valence electrons. The molecule has 0 aliphatic carbocycles. The number of hydrogen-bond acceptors (Lipinski definition) is 4. The first-order valence-corrected chi connectivity index (χ1v) is 11.7. The fourth-order valence-electron chi connectivity index (χ4n) is 5.04. The molecule has 3 heterocycles. The number of aromatic amines is 1. The molecule has 2 aliphatic heterocycles. The molecule has 2 aliphatic rings. The molecule has 0 spiro atoms. The largest absolute Gasteiger partial charge is 0.450 e. The summed E-state index contributed by atoms with van der Waals surface area (Å²) in [7, 11) is 0. The Balaban J connectivity index is 1.32. The fraction of sp³-hybridized carbons (Fsp3) is 0.346. The Hall–Kier alpha value is -3.81. The predicted molar refractivity (Wildman–Crippen MR) is 127 cm³/mol. The Kier molecular flexibility index (Phi) is 5.96. The first kappa shape index (κ1) is 22.0. The van der Waals surface area contributed by atoms with Crippen molar-refractivity contribution in [2.75, 3.05) is 26.2 Å². The molecule has 8 nitrogen and oxygen atoms in total. The maximum Gasteiger partial charge on any atom is 0.409 e. The minimum atomic E-state index is -0.337. The summed E-state index contributed by atoms with van der Waals surface area (Å²) < 4.78 is 5.06. The number of likely N-dealkylation sites (tertiary alicyclic amines) is 1. The average molecular weight is 461 g/mol. The van der Waals surface area contributed by atoms with Crippen LogP contribution in [0.1, 0.15) is 47.3 Å². The topological polar surface area (TPSA) is 94.7 Å². The molecule has 1 unspecified atom stereocenters. The summed E-state index contributed by atoms with van der Waals surface area (Å²) in [6, 6.07) is 15.2. The third-order valence-corrected chi connectivity index (χ3v) is 6.67. The van der Waals surface area contributed by atoms with Crippen LogP contribution in [0.15, 0.2) is 54.7 Å². The van der Waals surface area contributed by atoms with Gasteiger partial charge in [-0.3, -0.25) is 9.59 Å². The number of piperidine rings is 1. The van der Waals surface area contributed by atoms with E-state index < -0.39 is 0 Å². The second kappa shape index (κ2) is 9.21. The van der Waals surface area contributed by atoms with Gasteiger partial charge in [-0.25, -0.2) is 4.79 Å². The van der Waals surface area contributed by atoms with Crippen LogP contribution in [0.2, 0.25) is 0 Å². The molecule has 34 heavy (non-hydrogen) atoms. The number of nitrogens with zero attached hydrogens (tertiary/aromatic N) is 2. The molecular formula is C26H28N4O4. The van der Waals surface area contributed by atoms with Crippen LogP contribution in [0.4, 0.5) is 4.79 Å². The van der Waals surface area contributed by atoms with Gasteiger partial charge in [0.05, 0.1) is 12.6 Å². The lowest BCUT2D eigenvalue weighted by molar-refractivity contribution is -0.123. The van der Waals surface area contributed by atoms with E-state index in [-0.39, 0.29) is 36.5 Å². The van der Waals surface area contributed by atoms with Crippen molar-refractivity contribution < 1.29 is 19.1 Å². The number of aromatic nitrogens is 1. The van der Waals surface area contributed by atoms with Crippen molar-refractivity contribution in [1.29, 1.82) is 0 Å². The van der Waals surface area contributed by atoms with Crippen LogP contribution in [0.3, 0.4) is 0 Å². The van der Waals surface area contributed by atoms with Crippen LogP contribution in [0.5, 0.6) is 0 Å². The maximum atomic E-state index is 13.3. The van der Waals surface area contributed by atoms with E-state index in [0.29, 0.717) is 38.1 Å². The third-order valence-electron chi connectivity index (χ3n) is 6.67. The van der Waals surface area contributed by atoms with E-state index in [1.807, 2.05) is 54.7 Å². The lowest BCUT2D eigenvalue weighted by atomic mass is 9.97. The first-order valence-electron chi connectivity index (χ1n) is 11.7. The Labute approximate surface area is 197 Å². The Morgan fingerprint density at radius 1 is 1.06 bits per heavy atom. The van der Waals surface area contributed by atoms with Crippen LogP contribution < -0.4 is 5.32 Å². The summed E-state index contributed by atoms with van der Waals surface area (Å²) >= 11 is 0.